The van der Waals surface area contributed by atoms with Gasteiger partial charge in [0.15, 0.2) is 0 Å². The minimum absolute atomic E-state index is 0. The summed E-state index contributed by atoms with van der Waals surface area (Å²) in [4.78, 5) is 0. The van der Waals surface area contributed by atoms with Crippen molar-refractivity contribution in [1.82, 2.24) is 0 Å². The van der Waals surface area contributed by atoms with Crippen LogP contribution >= 0.6 is 12.4 Å². The number of rotatable bonds is 0. The minimum atomic E-state index is 0. The van der Waals surface area contributed by atoms with Crippen molar-refractivity contribution in [1.29, 1.82) is 0 Å². The van der Waals surface area contributed by atoms with E-state index in [1.165, 1.54) is 10.8 Å². The van der Waals surface area contributed by atoms with Crippen molar-refractivity contribution < 1.29 is 26.2 Å². The predicted molar refractivity (Wildman–Crippen MR) is 46.8 cm³/mol. The van der Waals surface area contributed by atoms with Gasteiger partial charge in [0.05, 0.1) is 0 Å². The van der Waals surface area contributed by atoms with E-state index in [0.29, 0.717) is 0 Å². The quantitative estimate of drug-likeness (QED) is 0.624. The third-order valence-electron chi connectivity index (χ3n) is 1.55. The van der Waals surface area contributed by atoms with Gasteiger partial charge >= 0.3 is 0 Å². The molecule has 0 saturated heterocycles. The predicted octanol–water partition coefficient (Wildman–Crippen LogP) is 2.98. The molecular formula is C9H8ClZr-. The molecule has 0 aliphatic heterocycles. The molecule has 2 aromatic rings. The van der Waals surface area contributed by atoms with E-state index in [4.69, 9.17) is 0 Å². The van der Waals surface area contributed by atoms with Crippen LogP contribution in [0.2, 0.25) is 0 Å². The Balaban J connectivity index is 0.000000500. The fraction of sp³-hybridized carbons (Fsp3) is 0. The Bertz CT molecular complexity index is 284. The molecule has 0 atom stereocenters. The van der Waals surface area contributed by atoms with E-state index in [1.54, 1.807) is 0 Å². The molecule has 2 aromatic carbocycles. The Morgan fingerprint density at radius 3 is 2.45 bits per heavy atom. The van der Waals surface area contributed by atoms with Crippen molar-refractivity contribution in [3.8, 4) is 0 Å². The van der Waals surface area contributed by atoms with Crippen molar-refractivity contribution >= 4 is 23.2 Å². The molecule has 0 fully saturated rings. The van der Waals surface area contributed by atoms with Crippen LogP contribution in [0.4, 0.5) is 0 Å². The van der Waals surface area contributed by atoms with Gasteiger partial charge in [-0.25, -0.2) is 0 Å². The van der Waals surface area contributed by atoms with Gasteiger partial charge < -0.3 is 0 Å². The first-order chi connectivity index (χ1) is 4.47. The van der Waals surface area contributed by atoms with Gasteiger partial charge in [-0.3, -0.25) is 0 Å². The van der Waals surface area contributed by atoms with E-state index < -0.39 is 0 Å². The maximum Gasteiger partial charge on any atom is 0 e. The van der Waals surface area contributed by atoms with Crippen LogP contribution in [0.1, 0.15) is 0 Å². The van der Waals surface area contributed by atoms with E-state index in [1.807, 2.05) is 0 Å². The maximum absolute atomic E-state index is 2.12. The molecule has 0 spiro atoms. The summed E-state index contributed by atoms with van der Waals surface area (Å²) in [6, 6.07) is 14.7. The first-order valence-electron chi connectivity index (χ1n) is 3.07. The van der Waals surface area contributed by atoms with Crippen LogP contribution in [0.25, 0.3) is 10.8 Å². The molecule has 0 aliphatic rings. The summed E-state index contributed by atoms with van der Waals surface area (Å²) in [5.41, 5.74) is 0. The zero-order valence-corrected chi connectivity index (χ0v) is 9.22. The second-order valence-electron chi connectivity index (χ2n) is 2.15. The van der Waals surface area contributed by atoms with Gasteiger partial charge in [-0.15, -0.1) is 42.1 Å². The van der Waals surface area contributed by atoms with Crippen LogP contribution in [-0.2, 0) is 26.2 Å². The van der Waals surface area contributed by atoms with Gasteiger partial charge in [0.2, 0.25) is 0 Å². The maximum atomic E-state index is 2.12. The average molecular weight is 243 g/mol. The second kappa shape index (κ2) is 4.80. The molecule has 2 heteroatoms. The van der Waals surface area contributed by atoms with E-state index in [0.717, 1.165) is 0 Å². The number of hydrogen-bond donors (Lipinski definition) is 0. The normalized spacial score (nSPS) is 8.36. The number of benzene rings is 1. The second-order valence-corrected chi connectivity index (χ2v) is 2.15. The molecule has 0 unspecified atom stereocenters. The van der Waals surface area contributed by atoms with Gasteiger partial charge in [-0.2, -0.15) is 17.5 Å². The Kier molecular flexibility index (Phi) is 4.80. The standard InChI is InChI=1S/C9H7.ClH.Zr/c1-2-5-9-7-3-6-8(9)4-1;;/h1-7H;1H;/q-1;;. The molecule has 0 amide bonds. The molecular weight excluding hydrogens is 235 g/mol. The summed E-state index contributed by atoms with van der Waals surface area (Å²) in [5, 5.41) is 2.66. The van der Waals surface area contributed by atoms with Gasteiger partial charge in [0.25, 0.3) is 0 Å². The van der Waals surface area contributed by atoms with E-state index in [-0.39, 0.29) is 38.6 Å². The van der Waals surface area contributed by atoms with Gasteiger partial charge in [-0.05, 0) is 0 Å². The molecule has 56 valence electrons. The molecule has 0 saturated carbocycles. The third kappa shape index (κ3) is 2.22. The third-order valence-corrected chi connectivity index (χ3v) is 1.55. The van der Waals surface area contributed by atoms with Crippen LogP contribution < -0.4 is 0 Å². The Labute approximate surface area is 91.5 Å². The van der Waals surface area contributed by atoms with Crippen molar-refractivity contribution in [2.24, 2.45) is 0 Å². The fourth-order valence-electron chi connectivity index (χ4n) is 1.07. The largest absolute Gasteiger partial charge is 0.168 e. The van der Waals surface area contributed by atoms with Gasteiger partial charge in [0, 0.05) is 26.2 Å². The van der Waals surface area contributed by atoms with Crippen LogP contribution in [0.3, 0.4) is 0 Å². The van der Waals surface area contributed by atoms with Crippen molar-refractivity contribution in [2.45, 2.75) is 0 Å². The van der Waals surface area contributed by atoms with Gasteiger partial charge in [0.1, 0.15) is 0 Å². The molecule has 0 radical (unpaired) electrons. The van der Waals surface area contributed by atoms with Crippen LogP contribution in [0.5, 0.6) is 0 Å². The zero-order chi connectivity index (χ0) is 6.10. The molecule has 0 N–H and O–H groups in total. The fourth-order valence-corrected chi connectivity index (χ4v) is 1.07. The molecule has 0 aromatic heterocycles. The SMILES string of the molecule is Cl.[Zr].c1ccc2[cH-]ccc2c1. The smallest absolute Gasteiger partial charge is 0 e. The zero-order valence-electron chi connectivity index (χ0n) is 5.95. The van der Waals surface area contributed by atoms with Crippen molar-refractivity contribution in [2.75, 3.05) is 0 Å². The number of hydrogen-bond acceptors (Lipinski definition) is 0. The summed E-state index contributed by atoms with van der Waals surface area (Å²) < 4.78 is 0. The van der Waals surface area contributed by atoms with Crippen LogP contribution in [0, 0.1) is 0 Å². The summed E-state index contributed by atoms with van der Waals surface area (Å²) in [6.45, 7) is 0. The molecule has 0 heterocycles. The van der Waals surface area contributed by atoms with E-state index in [9.17, 15) is 0 Å². The summed E-state index contributed by atoms with van der Waals surface area (Å²) in [6.07, 6.45) is 0. The van der Waals surface area contributed by atoms with Crippen LogP contribution in [0.15, 0.2) is 42.5 Å². The van der Waals surface area contributed by atoms with Crippen molar-refractivity contribution in [3.63, 3.8) is 0 Å². The Morgan fingerprint density at radius 1 is 1.00 bits per heavy atom. The summed E-state index contributed by atoms with van der Waals surface area (Å²) in [5.74, 6) is 0. The van der Waals surface area contributed by atoms with E-state index in [2.05, 4.69) is 42.5 Å². The minimum Gasteiger partial charge on any atom is -0.168 e. The molecule has 0 aliphatic carbocycles. The van der Waals surface area contributed by atoms with Crippen molar-refractivity contribution in [3.05, 3.63) is 42.5 Å². The Hall–Kier alpha value is 0.00312. The topological polar surface area (TPSA) is 0 Å². The molecule has 11 heavy (non-hydrogen) atoms. The summed E-state index contributed by atoms with van der Waals surface area (Å²) >= 11 is 0. The van der Waals surface area contributed by atoms with Crippen LogP contribution in [-0.4, -0.2) is 0 Å². The summed E-state index contributed by atoms with van der Waals surface area (Å²) in [7, 11) is 0. The molecule has 0 nitrogen and oxygen atoms in total. The molecule has 2 rings (SSSR count). The number of halogens is 1. The first-order valence-corrected chi connectivity index (χ1v) is 3.07. The first kappa shape index (κ1) is 11.0. The van der Waals surface area contributed by atoms with E-state index >= 15 is 0 Å². The Morgan fingerprint density at radius 2 is 1.73 bits per heavy atom. The molecule has 0 bridgehead atoms. The average Bonchev–Trinajstić information content (AvgIpc) is 2.33. The monoisotopic (exact) mass is 241 g/mol. The van der Waals surface area contributed by atoms with Gasteiger partial charge in [-0.1, -0.05) is 6.07 Å². The number of fused-ring (bicyclic) bond motifs is 1.